The number of hydrogen-bond donors (Lipinski definition) is 0. The second-order valence-electron chi connectivity index (χ2n) is 7.07. The van der Waals surface area contributed by atoms with Gasteiger partial charge >= 0.3 is 5.97 Å². The Balaban J connectivity index is 0.00000218. The van der Waals surface area contributed by atoms with Gasteiger partial charge in [-0.2, -0.15) is 0 Å². The minimum absolute atomic E-state index is 0. The van der Waals surface area contributed by atoms with E-state index >= 15 is 0 Å². The van der Waals surface area contributed by atoms with Gasteiger partial charge in [0.15, 0.2) is 7.26 Å². The zero-order valence-electron chi connectivity index (χ0n) is 16.2. The summed E-state index contributed by atoms with van der Waals surface area (Å²) in [6.07, 6.45) is 0. The molecule has 1 unspecified atom stereocenters. The monoisotopic (exact) mass is 475 g/mol. The molecule has 0 saturated carbocycles. The van der Waals surface area contributed by atoms with E-state index in [1.807, 2.05) is 42.5 Å². The molecule has 1 aliphatic rings. The van der Waals surface area contributed by atoms with Crippen molar-refractivity contribution in [3.8, 4) is 0 Å². The third-order valence-electron chi connectivity index (χ3n) is 5.51. The first-order chi connectivity index (χ1) is 14.3. The lowest BCUT2D eigenvalue weighted by molar-refractivity contribution is 0.0514. The number of benzene rings is 4. The van der Waals surface area contributed by atoms with Crippen molar-refractivity contribution in [1.82, 2.24) is 0 Å². The fraction of sp³-hybridized carbons (Fsp3) is 0.0385. The molecule has 0 amide bonds. The quantitative estimate of drug-likeness (QED) is 0.290. The highest BCUT2D eigenvalue weighted by molar-refractivity contribution is 8.93. The fourth-order valence-corrected chi connectivity index (χ4v) is 8.79. The number of rotatable bonds is 4. The number of cyclic esters (lactones) is 1. The molecular formula is C26H21BrO2P+. The van der Waals surface area contributed by atoms with Crippen LogP contribution in [0.3, 0.4) is 0 Å². The molecule has 0 spiro atoms. The first kappa shape index (κ1) is 20.5. The molecule has 5 rings (SSSR count). The molecule has 0 N–H and O–H groups in total. The molecule has 4 aromatic carbocycles. The van der Waals surface area contributed by atoms with Crippen molar-refractivity contribution in [2.45, 2.75) is 5.85 Å². The molecule has 1 aliphatic heterocycles. The van der Waals surface area contributed by atoms with Crippen LogP contribution in [-0.4, -0.2) is 5.97 Å². The fourth-order valence-electron chi connectivity index (χ4n) is 4.26. The van der Waals surface area contributed by atoms with E-state index in [1.54, 1.807) is 0 Å². The molecule has 0 aliphatic carbocycles. The normalized spacial score (nSPS) is 15.1. The lowest BCUT2D eigenvalue weighted by Crippen LogP contribution is -2.35. The second-order valence-corrected chi connectivity index (χ2v) is 10.5. The molecule has 1 heterocycles. The lowest BCUT2D eigenvalue weighted by atomic mass is 10.1. The molecule has 0 saturated heterocycles. The molecule has 148 valence electrons. The highest BCUT2D eigenvalue weighted by atomic mass is 79.9. The Morgan fingerprint density at radius 3 is 1.43 bits per heavy atom. The SMILES string of the molecule is Br.O=C1OC([P+](c2ccccc2)(c2ccccc2)c2ccccc2)c2ccccc21. The number of esters is 1. The number of hydrogen-bond acceptors (Lipinski definition) is 2. The maximum Gasteiger partial charge on any atom is 0.342 e. The molecule has 0 aromatic heterocycles. The van der Waals surface area contributed by atoms with E-state index < -0.39 is 7.26 Å². The van der Waals surface area contributed by atoms with Crippen molar-refractivity contribution >= 4 is 46.1 Å². The number of fused-ring (bicyclic) bond motifs is 1. The second kappa shape index (κ2) is 8.55. The average molecular weight is 476 g/mol. The Hall–Kier alpha value is -2.74. The summed E-state index contributed by atoms with van der Waals surface area (Å²) >= 11 is 0. The van der Waals surface area contributed by atoms with Crippen molar-refractivity contribution < 1.29 is 9.53 Å². The Kier molecular flexibility index (Phi) is 5.85. The van der Waals surface area contributed by atoms with Crippen molar-refractivity contribution in [2.24, 2.45) is 0 Å². The van der Waals surface area contributed by atoms with E-state index in [9.17, 15) is 4.79 Å². The Bertz CT molecular complexity index is 1050. The van der Waals surface area contributed by atoms with Gasteiger partial charge in [-0.05, 0) is 42.5 Å². The third kappa shape index (κ3) is 3.19. The Morgan fingerprint density at radius 2 is 0.967 bits per heavy atom. The maximum absolute atomic E-state index is 12.8. The van der Waals surface area contributed by atoms with Gasteiger partial charge < -0.3 is 4.74 Å². The summed E-state index contributed by atoms with van der Waals surface area (Å²) in [6.45, 7) is 0. The molecule has 1 atom stereocenters. The van der Waals surface area contributed by atoms with Crippen LogP contribution in [0.25, 0.3) is 0 Å². The highest BCUT2D eigenvalue weighted by Gasteiger charge is 2.58. The average Bonchev–Trinajstić information content (AvgIpc) is 3.14. The number of halogens is 1. The zero-order valence-corrected chi connectivity index (χ0v) is 18.8. The first-order valence-corrected chi connectivity index (χ1v) is 11.5. The van der Waals surface area contributed by atoms with E-state index in [2.05, 4.69) is 72.8 Å². The van der Waals surface area contributed by atoms with E-state index in [0.29, 0.717) is 5.56 Å². The van der Waals surface area contributed by atoms with Gasteiger partial charge in [0, 0.05) is 5.56 Å². The molecule has 0 bridgehead atoms. The van der Waals surface area contributed by atoms with Gasteiger partial charge in [0.25, 0.3) is 0 Å². The van der Waals surface area contributed by atoms with Crippen LogP contribution < -0.4 is 15.9 Å². The largest absolute Gasteiger partial charge is 0.418 e. The van der Waals surface area contributed by atoms with Crippen LogP contribution in [0, 0.1) is 0 Å². The van der Waals surface area contributed by atoms with Gasteiger partial charge in [0.05, 0.1) is 5.56 Å². The summed E-state index contributed by atoms with van der Waals surface area (Å²) in [4.78, 5) is 12.8. The van der Waals surface area contributed by atoms with Crippen LogP contribution in [0.2, 0.25) is 0 Å². The minimum Gasteiger partial charge on any atom is -0.418 e. The van der Waals surface area contributed by atoms with Gasteiger partial charge in [-0.15, -0.1) is 17.0 Å². The minimum atomic E-state index is -2.31. The predicted octanol–water partition coefficient (Wildman–Crippen LogP) is 5.43. The lowest BCUT2D eigenvalue weighted by Gasteiger charge is -2.31. The van der Waals surface area contributed by atoms with E-state index in [-0.39, 0.29) is 28.8 Å². The number of carbonyl (C=O) groups excluding carboxylic acids is 1. The van der Waals surface area contributed by atoms with Gasteiger partial charge in [-0.1, -0.05) is 72.8 Å². The third-order valence-corrected chi connectivity index (χ3v) is 9.93. The zero-order chi connectivity index (χ0) is 19.7. The smallest absolute Gasteiger partial charge is 0.342 e. The molecule has 2 nitrogen and oxygen atoms in total. The molecular weight excluding hydrogens is 455 g/mol. The first-order valence-electron chi connectivity index (χ1n) is 9.67. The molecule has 4 heteroatoms. The standard InChI is InChI=1S/C26H20O2P.BrH/c27-25-23-18-10-11-19-24(23)26(28-25)29(20-12-4-1-5-13-20,21-14-6-2-7-15-21)22-16-8-3-9-17-22;/h1-19,26H;1H/q+1;. The highest BCUT2D eigenvalue weighted by Crippen LogP contribution is 2.68. The topological polar surface area (TPSA) is 26.3 Å². The Morgan fingerprint density at radius 1 is 0.567 bits per heavy atom. The van der Waals surface area contributed by atoms with Crippen LogP contribution in [0.5, 0.6) is 0 Å². The van der Waals surface area contributed by atoms with Crippen LogP contribution >= 0.6 is 24.2 Å². The summed E-state index contributed by atoms with van der Waals surface area (Å²) in [5.41, 5.74) is 1.65. The summed E-state index contributed by atoms with van der Waals surface area (Å²) in [7, 11) is -2.31. The summed E-state index contributed by atoms with van der Waals surface area (Å²) in [6, 6.07) is 39.3. The van der Waals surface area contributed by atoms with Crippen molar-refractivity contribution in [1.29, 1.82) is 0 Å². The van der Waals surface area contributed by atoms with Crippen molar-refractivity contribution in [3.05, 3.63) is 126 Å². The van der Waals surface area contributed by atoms with Crippen molar-refractivity contribution in [3.63, 3.8) is 0 Å². The summed E-state index contributed by atoms with van der Waals surface area (Å²) in [5.74, 6) is -0.587. The summed E-state index contributed by atoms with van der Waals surface area (Å²) in [5, 5.41) is 3.60. The van der Waals surface area contributed by atoms with E-state index in [0.717, 1.165) is 5.56 Å². The molecule has 0 radical (unpaired) electrons. The van der Waals surface area contributed by atoms with Gasteiger partial charge in [0.2, 0.25) is 5.85 Å². The van der Waals surface area contributed by atoms with Crippen LogP contribution in [-0.2, 0) is 4.74 Å². The molecule has 0 fully saturated rings. The number of ether oxygens (including phenoxy) is 1. The van der Waals surface area contributed by atoms with E-state index in [1.165, 1.54) is 15.9 Å². The van der Waals surface area contributed by atoms with Gasteiger partial charge in [-0.3, -0.25) is 0 Å². The molecule has 30 heavy (non-hydrogen) atoms. The number of carbonyl (C=O) groups is 1. The van der Waals surface area contributed by atoms with Crippen LogP contribution in [0.15, 0.2) is 115 Å². The van der Waals surface area contributed by atoms with Gasteiger partial charge in [0.1, 0.15) is 15.9 Å². The van der Waals surface area contributed by atoms with Gasteiger partial charge in [-0.25, -0.2) is 4.79 Å². The summed E-state index contributed by atoms with van der Waals surface area (Å²) < 4.78 is 6.17. The predicted molar refractivity (Wildman–Crippen MR) is 130 cm³/mol. The van der Waals surface area contributed by atoms with Crippen LogP contribution in [0.4, 0.5) is 0 Å². The Labute approximate surface area is 187 Å². The van der Waals surface area contributed by atoms with Crippen LogP contribution in [0.1, 0.15) is 21.8 Å². The maximum atomic E-state index is 12.8. The van der Waals surface area contributed by atoms with Crippen molar-refractivity contribution in [2.75, 3.05) is 0 Å². The molecule has 4 aromatic rings. The van der Waals surface area contributed by atoms with E-state index in [4.69, 9.17) is 4.74 Å².